The lowest BCUT2D eigenvalue weighted by atomic mass is 10.1. The van der Waals surface area contributed by atoms with E-state index in [-0.39, 0.29) is 5.91 Å². The van der Waals surface area contributed by atoms with Crippen molar-refractivity contribution < 1.29 is 4.79 Å². The fourth-order valence-corrected chi connectivity index (χ4v) is 3.98. The summed E-state index contributed by atoms with van der Waals surface area (Å²) in [4.78, 5) is 16.9. The number of carbonyl (C=O) groups is 1. The quantitative estimate of drug-likeness (QED) is 0.283. The molecule has 2 aromatic carbocycles. The SMILES string of the molecule is Cc1ccc(C)n1-c1ccc(C(=O)N/N=C/c2cn(-c3ccccc3)nc2-c2cccnc2)cc1. The molecule has 0 atom stereocenters. The first-order chi connectivity index (χ1) is 17.1. The zero-order chi connectivity index (χ0) is 24.2. The maximum absolute atomic E-state index is 12.7. The van der Waals surface area contributed by atoms with Crippen LogP contribution in [0, 0.1) is 13.8 Å². The van der Waals surface area contributed by atoms with Gasteiger partial charge in [-0.1, -0.05) is 18.2 Å². The van der Waals surface area contributed by atoms with Crippen LogP contribution in [-0.4, -0.2) is 31.5 Å². The highest BCUT2D eigenvalue weighted by Crippen LogP contribution is 2.22. The third-order valence-corrected chi connectivity index (χ3v) is 5.73. The van der Waals surface area contributed by atoms with E-state index in [4.69, 9.17) is 5.10 Å². The maximum Gasteiger partial charge on any atom is 0.271 e. The van der Waals surface area contributed by atoms with E-state index in [1.54, 1.807) is 35.4 Å². The Morgan fingerprint density at radius 2 is 1.63 bits per heavy atom. The minimum absolute atomic E-state index is 0.285. The normalized spacial score (nSPS) is 11.1. The molecule has 1 N–H and O–H groups in total. The molecule has 0 saturated heterocycles. The van der Waals surface area contributed by atoms with Crippen LogP contribution in [0.15, 0.2) is 103 Å². The van der Waals surface area contributed by atoms with Crippen LogP contribution in [0.4, 0.5) is 0 Å². The van der Waals surface area contributed by atoms with Crippen molar-refractivity contribution in [2.24, 2.45) is 5.10 Å². The number of carbonyl (C=O) groups excluding carboxylic acids is 1. The first-order valence-corrected chi connectivity index (χ1v) is 11.2. The molecule has 0 aliphatic heterocycles. The molecule has 3 aromatic heterocycles. The van der Waals surface area contributed by atoms with Crippen LogP contribution in [0.25, 0.3) is 22.6 Å². The molecule has 0 radical (unpaired) electrons. The summed E-state index contributed by atoms with van der Waals surface area (Å²) in [6.45, 7) is 4.12. The Morgan fingerprint density at radius 3 is 2.31 bits per heavy atom. The molecule has 0 unspecified atom stereocenters. The molecule has 172 valence electrons. The molecule has 0 aliphatic carbocycles. The van der Waals surface area contributed by atoms with Crippen LogP contribution in [0.3, 0.4) is 0 Å². The number of rotatable bonds is 6. The molecule has 7 nitrogen and oxygen atoms in total. The summed E-state index contributed by atoms with van der Waals surface area (Å²) in [5.74, 6) is -0.285. The van der Waals surface area contributed by atoms with Crippen LogP contribution < -0.4 is 5.43 Å². The molecule has 3 heterocycles. The number of amides is 1. The lowest BCUT2D eigenvalue weighted by Gasteiger charge is -2.10. The van der Waals surface area contributed by atoms with E-state index in [9.17, 15) is 4.79 Å². The molecule has 0 spiro atoms. The summed E-state index contributed by atoms with van der Waals surface area (Å²) < 4.78 is 3.93. The zero-order valence-corrected chi connectivity index (χ0v) is 19.5. The number of hydrogen-bond donors (Lipinski definition) is 1. The third-order valence-electron chi connectivity index (χ3n) is 5.73. The van der Waals surface area contributed by atoms with Crippen molar-refractivity contribution in [2.75, 3.05) is 0 Å². The predicted molar refractivity (Wildman–Crippen MR) is 137 cm³/mol. The van der Waals surface area contributed by atoms with E-state index in [1.165, 1.54) is 0 Å². The molecule has 0 saturated carbocycles. The second-order valence-electron chi connectivity index (χ2n) is 8.15. The summed E-state index contributed by atoms with van der Waals surface area (Å²) in [6.07, 6.45) is 6.96. The number of hydrazone groups is 1. The number of para-hydroxylation sites is 1. The van der Waals surface area contributed by atoms with Crippen LogP contribution in [0.1, 0.15) is 27.3 Å². The van der Waals surface area contributed by atoms with Crippen molar-refractivity contribution in [1.29, 1.82) is 0 Å². The Balaban J connectivity index is 1.36. The maximum atomic E-state index is 12.7. The molecule has 0 aliphatic rings. The molecular formula is C28H24N6O. The number of hydrogen-bond acceptors (Lipinski definition) is 4. The van der Waals surface area contributed by atoms with Crippen LogP contribution in [0.2, 0.25) is 0 Å². The van der Waals surface area contributed by atoms with Gasteiger partial charge in [-0.25, -0.2) is 10.1 Å². The van der Waals surface area contributed by atoms with Gasteiger partial charge in [-0.2, -0.15) is 10.2 Å². The average molecular weight is 461 g/mol. The van der Waals surface area contributed by atoms with Gasteiger partial charge in [0.05, 0.1) is 11.9 Å². The van der Waals surface area contributed by atoms with Gasteiger partial charge in [0.25, 0.3) is 5.91 Å². The number of benzene rings is 2. The van der Waals surface area contributed by atoms with Crippen molar-refractivity contribution in [3.05, 3.63) is 120 Å². The number of aryl methyl sites for hydroxylation is 2. The van der Waals surface area contributed by atoms with Gasteiger partial charge in [-0.3, -0.25) is 9.78 Å². The van der Waals surface area contributed by atoms with Crippen LogP contribution in [-0.2, 0) is 0 Å². The highest BCUT2D eigenvalue weighted by Gasteiger charge is 2.12. The fourth-order valence-electron chi connectivity index (χ4n) is 3.98. The Labute approximate surface area is 203 Å². The minimum atomic E-state index is -0.285. The largest absolute Gasteiger partial charge is 0.319 e. The Morgan fingerprint density at radius 1 is 0.886 bits per heavy atom. The zero-order valence-electron chi connectivity index (χ0n) is 19.5. The molecule has 5 aromatic rings. The summed E-state index contributed by atoms with van der Waals surface area (Å²) in [7, 11) is 0. The smallest absolute Gasteiger partial charge is 0.271 e. The number of pyridine rings is 1. The van der Waals surface area contributed by atoms with Crippen molar-refractivity contribution in [3.63, 3.8) is 0 Å². The van der Waals surface area contributed by atoms with Gasteiger partial charge in [0.15, 0.2) is 0 Å². The highest BCUT2D eigenvalue weighted by molar-refractivity contribution is 5.95. The molecule has 7 heteroatoms. The monoisotopic (exact) mass is 460 g/mol. The van der Waals surface area contributed by atoms with Crippen molar-refractivity contribution in [1.82, 2.24) is 24.8 Å². The second-order valence-corrected chi connectivity index (χ2v) is 8.15. The molecule has 35 heavy (non-hydrogen) atoms. The summed E-state index contributed by atoms with van der Waals surface area (Å²) in [6, 6.07) is 25.2. The summed E-state index contributed by atoms with van der Waals surface area (Å²) in [5.41, 5.74) is 9.72. The Hall–Kier alpha value is -4.78. The fraction of sp³-hybridized carbons (Fsp3) is 0.0714. The topological polar surface area (TPSA) is 77.1 Å². The van der Waals surface area contributed by atoms with Crippen molar-refractivity contribution in [2.45, 2.75) is 13.8 Å². The summed E-state index contributed by atoms with van der Waals surface area (Å²) >= 11 is 0. The van der Waals surface area contributed by atoms with Crippen molar-refractivity contribution >= 4 is 12.1 Å². The molecule has 0 bridgehead atoms. The number of nitrogens with one attached hydrogen (secondary N) is 1. The second kappa shape index (κ2) is 9.61. The van der Waals surface area contributed by atoms with Gasteiger partial charge in [0.2, 0.25) is 0 Å². The summed E-state index contributed by atoms with van der Waals surface area (Å²) in [5, 5.41) is 8.93. The number of nitrogens with zero attached hydrogens (tertiary/aromatic N) is 5. The molecule has 0 fully saturated rings. The van der Waals surface area contributed by atoms with E-state index in [0.29, 0.717) is 5.56 Å². The van der Waals surface area contributed by atoms with E-state index in [1.807, 2.05) is 60.8 Å². The van der Waals surface area contributed by atoms with E-state index < -0.39 is 0 Å². The average Bonchev–Trinajstić information content (AvgIpc) is 3.48. The van der Waals surface area contributed by atoms with E-state index in [0.717, 1.165) is 39.6 Å². The first kappa shape index (κ1) is 22.0. The minimum Gasteiger partial charge on any atom is -0.319 e. The van der Waals surface area contributed by atoms with Crippen molar-refractivity contribution in [3.8, 4) is 22.6 Å². The molecular weight excluding hydrogens is 436 g/mol. The highest BCUT2D eigenvalue weighted by atomic mass is 16.2. The van der Waals surface area contributed by atoms with E-state index in [2.05, 4.69) is 46.1 Å². The van der Waals surface area contributed by atoms with E-state index >= 15 is 0 Å². The third kappa shape index (κ3) is 4.65. The van der Waals surface area contributed by atoms with Gasteiger partial charge in [-0.15, -0.1) is 0 Å². The van der Waals surface area contributed by atoms with Gasteiger partial charge in [-0.05, 0) is 74.5 Å². The Kier molecular flexibility index (Phi) is 6.05. The lowest BCUT2D eigenvalue weighted by Crippen LogP contribution is -2.17. The standard InChI is InChI=1S/C28H24N6O/c1-20-10-11-21(2)34(20)26-14-12-22(13-15-26)28(35)31-30-18-24-19-33(25-8-4-3-5-9-25)32-27(24)23-7-6-16-29-17-23/h3-19H,1-2H3,(H,31,35)/b30-18+. The van der Waals surface area contributed by atoms with Gasteiger partial charge in [0.1, 0.15) is 5.69 Å². The van der Waals surface area contributed by atoms with Crippen LogP contribution in [0.5, 0.6) is 0 Å². The van der Waals surface area contributed by atoms with Gasteiger partial charge < -0.3 is 4.57 Å². The van der Waals surface area contributed by atoms with Gasteiger partial charge in [0, 0.05) is 52.4 Å². The first-order valence-electron chi connectivity index (χ1n) is 11.2. The predicted octanol–water partition coefficient (Wildman–Crippen LogP) is 5.11. The number of aromatic nitrogens is 4. The van der Waals surface area contributed by atoms with Gasteiger partial charge >= 0.3 is 0 Å². The Bertz CT molecular complexity index is 1460. The molecule has 5 rings (SSSR count). The lowest BCUT2D eigenvalue weighted by molar-refractivity contribution is 0.0955. The van der Waals surface area contributed by atoms with Crippen LogP contribution >= 0.6 is 0 Å². The molecule has 1 amide bonds.